The molecule has 1 spiro atoms. The third kappa shape index (κ3) is 3.72. The van der Waals surface area contributed by atoms with Crippen molar-refractivity contribution < 1.29 is 18.3 Å². The second-order valence-electron chi connectivity index (χ2n) is 8.83. The van der Waals surface area contributed by atoms with Crippen LogP contribution in [0.3, 0.4) is 0 Å². The molecule has 0 bridgehead atoms. The van der Waals surface area contributed by atoms with Crippen LogP contribution in [0.1, 0.15) is 50.5 Å². The molecule has 1 aliphatic heterocycles. The molecule has 3 aliphatic rings. The van der Waals surface area contributed by atoms with Gasteiger partial charge < -0.3 is 10.4 Å². The van der Waals surface area contributed by atoms with Gasteiger partial charge in [-0.15, -0.1) is 0 Å². The number of benzene rings is 1. The van der Waals surface area contributed by atoms with Gasteiger partial charge in [0.2, 0.25) is 15.9 Å². The molecule has 1 aromatic carbocycles. The van der Waals surface area contributed by atoms with E-state index in [0.717, 1.165) is 44.1 Å². The van der Waals surface area contributed by atoms with E-state index in [1.54, 1.807) is 25.1 Å². The number of hydrogen-bond acceptors (Lipinski definition) is 4. The van der Waals surface area contributed by atoms with Crippen LogP contribution in [0, 0.1) is 18.3 Å². The summed E-state index contributed by atoms with van der Waals surface area (Å²) in [6.45, 7) is 2.52. The van der Waals surface area contributed by atoms with Gasteiger partial charge >= 0.3 is 0 Å². The molecule has 0 aromatic heterocycles. The molecule has 7 heteroatoms. The van der Waals surface area contributed by atoms with E-state index >= 15 is 0 Å². The van der Waals surface area contributed by atoms with Crippen molar-refractivity contribution in [2.24, 2.45) is 11.3 Å². The molecule has 6 nitrogen and oxygen atoms in total. The summed E-state index contributed by atoms with van der Waals surface area (Å²) in [4.78, 5) is 13.2. The van der Waals surface area contributed by atoms with E-state index in [1.807, 2.05) is 6.07 Å². The maximum absolute atomic E-state index is 13.1. The first-order valence-electron chi connectivity index (χ1n) is 10.4. The van der Waals surface area contributed by atoms with Crippen LogP contribution >= 0.6 is 0 Å². The summed E-state index contributed by atoms with van der Waals surface area (Å²) in [5, 5.41) is 12.9. The highest BCUT2D eigenvalue weighted by atomic mass is 32.2. The lowest BCUT2D eigenvalue weighted by atomic mass is 9.84. The standard InChI is InChI=1S/C21H30N2O4S/c1-15-5-2-3-7-18(15)28(26,27)23-12-4-6-16(14-23)20(25)22-19-13-21(19)10-8-17(24)9-11-21/h2-3,5,7,16-17,19,24H,4,6,8-14H2,1H3,(H,22,25)/t16-,17?,19?,21?/m0/s1. The van der Waals surface area contributed by atoms with Crippen LogP contribution in [0.4, 0.5) is 0 Å². The van der Waals surface area contributed by atoms with Crippen molar-refractivity contribution in [1.29, 1.82) is 0 Å². The summed E-state index contributed by atoms with van der Waals surface area (Å²) in [6.07, 6.45) is 5.80. The smallest absolute Gasteiger partial charge is 0.243 e. The van der Waals surface area contributed by atoms with Crippen molar-refractivity contribution in [2.75, 3.05) is 13.1 Å². The predicted molar refractivity (Wildman–Crippen MR) is 106 cm³/mol. The highest BCUT2D eigenvalue weighted by Crippen LogP contribution is 2.56. The van der Waals surface area contributed by atoms with Crippen molar-refractivity contribution in [1.82, 2.24) is 9.62 Å². The summed E-state index contributed by atoms with van der Waals surface area (Å²) < 4.78 is 27.6. The Bertz CT molecular complexity index is 846. The van der Waals surface area contributed by atoms with Crippen molar-refractivity contribution in [3.63, 3.8) is 0 Å². The van der Waals surface area contributed by atoms with Gasteiger partial charge in [0, 0.05) is 19.1 Å². The summed E-state index contributed by atoms with van der Waals surface area (Å²) in [5.41, 5.74) is 0.907. The number of sulfonamides is 1. The van der Waals surface area contributed by atoms with Gasteiger partial charge in [-0.3, -0.25) is 4.79 Å². The largest absolute Gasteiger partial charge is 0.393 e. The molecule has 0 radical (unpaired) electrons. The molecule has 1 saturated heterocycles. The van der Waals surface area contributed by atoms with Gasteiger partial charge in [0.1, 0.15) is 0 Å². The first kappa shape index (κ1) is 19.9. The summed E-state index contributed by atoms with van der Waals surface area (Å²) in [6, 6.07) is 7.20. The van der Waals surface area contributed by atoms with E-state index in [1.165, 1.54) is 4.31 Å². The Morgan fingerprint density at radius 2 is 1.93 bits per heavy atom. The number of hydrogen-bond donors (Lipinski definition) is 2. The van der Waals surface area contributed by atoms with Crippen LogP contribution in [0.5, 0.6) is 0 Å². The van der Waals surface area contributed by atoms with Gasteiger partial charge in [-0.25, -0.2) is 8.42 Å². The third-order valence-electron chi connectivity index (χ3n) is 6.92. The Hall–Kier alpha value is -1.44. The highest BCUT2D eigenvalue weighted by molar-refractivity contribution is 7.89. The van der Waals surface area contributed by atoms with E-state index in [9.17, 15) is 18.3 Å². The molecule has 4 rings (SSSR count). The number of nitrogens with one attached hydrogen (secondary N) is 1. The van der Waals surface area contributed by atoms with Crippen LogP contribution in [-0.4, -0.2) is 49.0 Å². The van der Waals surface area contributed by atoms with Gasteiger partial charge in [0.25, 0.3) is 0 Å². The Kier molecular flexibility index (Phi) is 5.27. The molecule has 2 aliphatic carbocycles. The van der Waals surface area contributed by atoms with Crippen molar-refractivity contribution >= 4 is 15.9 Å². The van der Waals surface area contributed by atoms with Crippen molar-refractivity contribution in [2.45, 2.75) is 68.9 Å². The first-order valence-corrected chi connectivity index (χ1v) is 11.8. The maximum atomic E-state index is 13.1. The zero-order valence-corrected chi connectivity index (χ0v) is 17.2. The van der Waals surface area contributed by atoms with Crippen LogP contribution in [-0.2, 0) is 14.8 Å². The number of carbonyl (C=O) groups is 1. The molecule has 28 heavy (non-hydrogen) atoms. The number of rotatable bonds is 4. The minimum Gasteiger partial charge on any atom is -0.393 e. The lowest BCUT2D eigenvalue weighted by Gasteiger charge is -2.32. The van der Waals surface area contributed by atoms with Crippen LogP contribution in [0.2, 0.25) is 0 Å². The molecule has 1 unspecified atom stereocenters. The van der Waals surface area contributed by atoms with Crippen molar-refractivity contribution in [3.8, 4) is 0 Å². The van der Waals surface area contributed by atoms with E-state index in [-0.39, 0.29) is 35.9 Å². The molecular formula is C21H30N2O4S. The van der Waals surface area contributed by atoms with Crippen molar-refractivity contribution in [3.05, 3.63) is 29.8 Å². The van der Waals surface area contributed by atoms with Crippen LogP contribution in [0.15, 0.2) is 29.2 Å². The van der Waals surface area contributed by atoms with E-state index in [2.05, 4.69) is 5.32 Å². The number of carbonyl (C=O) groups excluding carboxylic acids is 1. The monoisotopic (exact) mass is 406 g/mol. The topological polar surface area (TPSA) is 86.7 Å². The number of aryl methyl sites for hydroxylation is 1. The zero-order valence-electron chi connectivity index (χ0n) is 16.4. The lowest BCUT2D eigenvalue weighted by Crippen LogP contribution is -2.46. The molecule has 1 amide bonds. The zero-order chi connectivity index (χ0) is 19.9. The molecule has 2 N–H and O–H groups in total. The lowest BCUT2D eigenvalue weighted by molar-refractivity contribution is -0.126. The highest BCUT2D eigenvalue weighted by Gasteiger charge is 2.55. The molecular weight excluding hydrogens is 376 g/mol. The molecule has 1 heterocycles. The fourth-order valence-electron chi connectivity index (χ4n) is 4.93. The van der Waals surface area contributed by atoms with E-state index in [4.69, 9.17) is 0 Å². The van der Waals surface area contributed by atoms with Crippen LogP contribution in [0.25, 0.3) is 0 Å². The number of piperidine rings is 1. The quantitative estimate of drug-likeness (QED) is 0.803. The van der Waals surface area contributed by atoms with Gasteiger partial charge in [-0.05, 0) is 68.9 Å². The fraction of sp³-hybridized carbons (Fsp3) is 0.667. The Morgan fingerprint density at radius 1 is 1.21 bits per heavy atom. The minimum atomic E-state index is -3.58. The second kappa shape index (κ2) is 7.43. The Labute approximate surface area is 167 Å². The van der Waals surface area contributed by atoms with Gasteiger partial charge in [0.05, 0.1) is 16.9 Å². The number of aliphatic hydroxyl groups is 1. The molecule has 154 valence electrons. The summed E-state index contributed by atoms with van der Waals surface area (Å²) in [5.74, 6) is -0.308. The first-order chi connectivity index (χ1) is 13.3. The summed E-state index contributed by atoms with van der Waals surface area (Å²) in [7, 11) is -3.58. The van der Waals surface area contributed by atoms with Crippen LogP contribution < -0.4 is 5.32 Å². The van der Waals surface area contributed by atoms with Gasteiger partial charge in [-0.1, -0.05) is 18.2 Å². The average Bonchev–Trinajstić information content (AvgIpc) is 3.36. The number of nitrogens with zero attached hydrogens (tertiary/aromatic N) is 1. The van der Waals surface area contributed by atoms with E-state index < -0.39 is 10.0 Å². The fourth-order valence-corrected chi connectivity index (χ4v) is 6.68. The Morgan fingerprint density at radius 3 is 2.64 bits per heavy atom. The van der Waals surface area contributed by atoms with E-state index in [0.29, 0.717) is 17.9 Å². The summed E-state index contributed by atoms with van der Waals surface area (Å²) >= 11 is 0. The maximum Gasteiger partial charge on any atom is 0.243 e. The normalized spacial score (nSPS) is 33.6. The number of amides is 1. The predicted octanol–water partition coefficient (Wildman–Crippen LogP) is 2.21. The Balaban J connectivity index is 1.39. The number of aliphatic hydroxyl groups excluding tert-OH is 1. The average molecular weight is 407 g/mol. The molecule has 3 fully saturated rings. The third-order valence-corrected chi connectivity index (χ3v) is 8.95. The molecule has 2 saturated carbocycles. The SMILES string of the molecule is Cc1ccccc1S(=O)(=O)N1CCC[C@H](C(=O)NC2CC23CCC(O)CC3)C1. The molecule has 1 aromatic rings. The van der Waals surface area contributed by atoms with Gasteiger partial charge in [0.15, 0.2) is 0 Å². The second-order valence-corrected chi connectivity index (χ2v) is 10.7. The molecule has 2 atom stereocenters. The minimum absolute atomic E-state index is 0.0160. The van der Waals surface area contributed by atoms with Gasteiger partial charge in [-0.2, -0.15) is 4.31 Å².